The molecular formula is C16H27NO4S. The largest absolute Gasteiger partial charge is 0.483 e. The van der Waals surface area contributed by atoms with Crippen LogP contribution in [0.1, 0.15) is 26.3 Å². The van der Waals surface area contributed by atoms with Crippen LogP contribution < -0.4 is 5.73 Å². The normalized spacial score (nSPS) is 15.1. The second-order valence-corrected chi connectivity index (χ2v) is 5.51. The predicted octanol–water partition coefficient (Wildman–Crippen LogP) is 2.77. The van der Waals surface area contributed by atoms with Crippen LogP contribution in [0.15, 0.2) is 29.2 Å². The molecule has 1 aromatic carbocycles. The Bertz CT molecular complexity index is 378. The molecule has 22 heavy (non-hydrogen) atoms. The van der Waals surface area contributed by atoms with Gasteiger partial charge in [-0.1, -0.05) is 26.0 Å². The van der Waals surface area contributed by atoms with E-state index in [1.165, 1.54) is 10.5 Å². The summed E-state index contributed by atoms with van der Waals surface area (Å²) in [5, 5.41) is 6.89. The van der Waals surface area contributed by atoms with Crippen LogP contribution in [0.3, 0.4) is 0 Å². The average Bonchev–Trinajstić information content (AvgIpc) is 3.02. The fourth-order valence-corrected chi connectivity index (χ4v) is 2.61. The minimum absolute atomic E-state index is 0.0382. The Morgan fingerprint density at radius 1 is 1.32 bits per heavy atom. The minimum Gasteiger partial charge on any atom is -0.483 e. The molecule has 0 aromatic heterocycles. The summed E-state index contributed by atoms with van der Waals surface area (Å²) in [6, 6.07) is 8.77. The standard InChI is InChI=1S/C13H19NO2S.C2H6.CH2O2/c1-10(14)8-11-2-4-12(5-3-11)17-9-13-15-6-7-16-13;1-2;2-1-3/h2-5,10,13H,6-9,14H2,1H3;1-2H3;1H,(H,2,3). The number of nitrogens with two attached hydrogens (primary N) is 1. The lowest BCUT2D eigenvalue weighted by Gasteiger charge is -2.09. The van der Waals surface area contributed by atoms with Crippen molar-refractivity contribution in [3.8, 4) is 0 Å². The van der Waals surface area contributed by atoms with E-state index >= 15 is 0 Å². The summed E-state index contributed by atoms with van der Waals surface area (Å²) < 4.78 is 10.8. The molecule has 1 saturated heterocycles. The topological polar surface area (TPSA) is 81.8 Å². The highest BCUT2D eigenvalue weighted by Crippen LogP contribution is 2.22. The van der Waals surface area contributed by atoms with Gasteiger partial charge in [-0.2, -0.15) is 0 Å². The molecule has 6 heteroatoms. The van der Waals surface area contributed by atoms with Gasteiger partial charge >= 0.3 is 0 Å². The summed E-state index contributed by atoms with van der Waals surface area (Å²) in [5.74, 6) is 0.854. The Kier molecular flexibility index (Phi) is 12.9. The van der Waals surface area contributed by atoms with Gasteiger partial charge in [0.05, 0.1) is 13.2 Å². The molecule has 126 valence electrons. The number of thioether (sulfide) groups is 1. The van der Waals surface area contributed by atoms with E-state index in [4.69, 9.17) is 25.1 Å². The molecule has 0 bridgehead atoms. The Balaban J connectivity index is 0.000000789. The molecule has 1 aromatic rings. The molecule has 1 atom stereocenters. The lowest BCUT2D eigenvalue weighted by Crippen LogP contribution is -2.17. The summed E-state index contributed by atoms with van der Waals surface area (Å²) in [4.78, 5) is 9.61. The van der Waals surface area contributed by atoms with Crippen LogP contribution in [-0.2, 0) is 20.7 Å². The minimum atomic E-state index is -0.250. The molecule has 2 rings (SSSR count). The van der Waals surface area contributed by atoms with Crippen molar-refractivity contribution in [3.05, 3.63) is 29.8 Å². The van der Waals surface area contributed by atoms with Gasteiger partial charge in [0.2, 0.25) is 0 Å². The summed E-state index contributed by atoms with van der Waals surface area (Å²) in [7, 11) is 0. The van der Waals surface area contributed by atoms with Gasteiger partial charge in [0.15, 0.2) is 6.29 Å². The molecule has 3 N–H and O–H groups in total. The van der Waals surface area contributed by atoms with E-state index in [1.807, 2.05) is 20.8 Å². The van der Waals surface area contributed by atoms with Crippen molar-refractivity contribution in [2.24, 2.45) is 5.73 Å². The lowest BCUT2D eigenvalue weighted by molar-refractivity contribution is -0.122. The van der Waals surface area contributed by atoms with Crippen molar-refractivity contribution in [2.45, 2.75) is 44.4 Å². The lowest BCUT2D eigenvalue weighted by atomic mass is 10.1. The molecule has 0 aliphatic carbocycles. The molecule has 1 aliphatic rings. The van der Waals surface area contributed by atoms with E-state index in [0.717, 1.165) is 25.4 Å². The van der Waals surface area contributed by atoms with Crippen molar-refractivity contribution < 1.29 is 19.4 Å². The molecule has 5 nitrogen and oxygen atoms in total. The molecule has 1 unspecified atom stereocenters. The molecule has 0 amide bonds. The van der Waals surface area contributed by atoms with Crippen molar-refractivity contribution in [1.29, 1.82) is 0 Å². The van der Waals surface area contributed by atoms with Crippen molar-refractivity contribution in [1.82, 2.24) is 0 Å². The van der Waals surface area contributed by atoms with Crippen molar-refractivity contribution in [3.63, 3.8) is 0 Å². The highest BCUT2D eigenvalue weighted by molar-refractivity contribution is 7.99. The summed E-state index contributed by atoms with van der Waals surface area (Å²) in [6.07, 6.45) is 0.892. The van der Waals surface area contributed by atoms with Gasteiger partial charge in [-0.15, -0.1) is 11.8 Å². The fourth-order valence-electron chi connectivity index (χ4n) is 1.76. The van der Waals surface area contributed by atoms with Gasteiger partial charge in [-0.25, -0.2) is 0 Å². The Labute approximate surface area is 137 Å². The molecule has 0 saturated carbocycles. The maximum Gasteiger partial charge on any atom is 0.290 e. The Hall–Kier alpha value is -1.08. The number of carboxylic acid groups (broad SMARTS) is 1. The highest BCUT2D eigenvalue weighted by atomic mass is 32.2. The third-order valence-corrected chi connectivity index (χ3v) is 3.60. The van der Waals surface area contributed by atoms with Gasteiger partial charge in [-0.05, 0) is 31.0 Å². The van der Waals surface area contributed by atoms with Crippen LogP contribution >= 0.6 is 11.8 Å². The van der Waals surface area contributed by atoms with E-state index in [-0.39, 0.29) is 18.8 Å². The molecule has 1 heterocycles. The van der Waals surface area contributed by atoms with Gasteiger partial charge in [-0.3, -0.25) is 4.79 Å². The summed E-state index contributed by atoms with van der Waals surface area (Å²) in [6.45, 7) is 7.22. The smallest absolute Gasteiger partial charge is 0.290 e. The quantitative estimate of drug-likeness (QED) is 0.638. The zero-order valence-electron chi connectivity index (χ0n) is 13.5. The number of hydrogen-bond acceptors (Lipinski definition) is 5. The maximum absolute atomic E-state index is 8.36. The van der Waals surface area contributed by atoms with Crippen LogP contribution in [-0.4, -0.2) is 42.9 Å². The van der Waals surface area contributed by atoms with Gasteiger partial charge < -0.3 is 20.3 Å². The van der Waals surface area contributed by atoms with E-state index in [0.29, 0.717) is 0 Å². The van der Waals surface area contributed by atoms with Gasteiger partial charge in [0, 0.05) is 16.7 Å². The predicted molar refractivity (Wildman–Crippen MR) is 90.3 cm³/mol. The van der Waals surface area contributed by atoms with Crippen LogP contribution in [0.5, 0.6) is 0 Å². The number of ether oxygens (including phenoxy) is 2. The van der Waals surface area contributed by atoms with Crippen LogP contribution in [0.2, 0.25) is 0 Å². The third-order valence-electron chi connectivity index (χ3n) is 2.56. The first-order chi connectivity index (χ1) is 10.7. The first-order valence-electron chi connectivity index (χ1n) is 7.44. The Morgan fingerprint density at radius 3 is 2.27 bits per heavy atom. The number of benzene rings is 1. The van der Waals surface area contributed by atoms with Crippen LogP contribution in [0, 0.1) is 0 Å². The third kappa shape index (κ3) is 9.78. The van der Waals surface area contributed by atoms with E-state index in [2.05, 4.69) is 24.3 Å². The first-order valence-corrected chi connectivity index (χ1v) is 8.42. The summed E-state index contributed by atoms with van der Waals surface area (Å²) >= 11 is 1.76. The monoisotopic (exact) mass is 329 g/mol. The van der Waals surface area contributed by atoms with E-state index in [1.54, 1.807) is 11.8 Å². The molecule has 1 fully saturated rings. The van der Waals surface area contributed by atoms with Crippen molar-refractivity contribution in [2.75, 3.05) is 19.0 Å². The first kappa shape index (κ1) is 20.9. The second-order valence-electron chi connectivity index (χ2n) is 4.41. The van der Waals surface area contributed by atoms with E-state index in [9.17, 15) is 0 Å². The zero-order chi connectivity index (χ0) is 16.8. The number of carbonyl (C=O) groups is 1. The number of hydrogen-bond donors (Lipinski definition) is 2. The van der Waals surface area contributed by atoms with Crippen molar-refractivity contribution >= 4 is 18.2 Å². The fraction of sp³-hybridized carbons (Fsp3) is 0.562. The SMILES string of the molecule is CC.CC(N)Cc1ccc(SCC2OCCO2)cc1.O=CO. The van der Waals surface area contributed by atoms with Crippen LogP contribution in [0.25, 0.3) is 0 Å². The zero-order valence-corrected chi connectivity index (χ0v) is 14.3. The molecule has 0 radical (unpaired) electrons. The molecular weight excluding hydrogens is 302 g/mol. The molecule has 1 aliphatic heterocycles. The Morgan fingerprint density at radius 2 is 1.82 bits per heavy atom. The average molecular weight is 329 g/mol. The van der Waals surface area contributed by atoms with Crippen LogP contribution in [0.4, 0.5) is 0 Å². The van der Waals surface area contributed by atoms with Gasteiger partial charge in [0.1, 0.15) is 0 Å². The number of rotatable bonds is 5. The molecule has 0 spiro atoms. The van der Waals surface area contributed by atoms with Gasteiger partial charge in [0.25, 0.3) is 6.47 Å². The van der Waals surface area contributed by atoms with E-state index < -0.39 is 0 Å². The summed E-state index contributed by atoms with van der Waals surface area (Å²) in [5.41, 5.74) is 7.06. The maximum atomic E-state index is 8.36. The second kappa shape index (κ2) is 13.6. The highest BCUT2D eigenvalue weighted by Gasteiger charge is 2.15.